The van der Waals surface area contributed by atoms with Gasteiger partial charge < -0.3 is 15.4 Å². The zero-order chi connectivity index (χ0) is 28.4. The highest BCUT2D eigenvalue weighted by atomic mass is 16.5. The van der Waals surface area contributed by atoms with Crippen molar-refractivity contribution in [1.82, 2.24) is 15.3 Å². The number of amidine groups is 1. The van der Waals surface area contributed by atoms with Crippen LogP contribution in [0.15, 0.2) is 114 Å². The molecule has 2 aliphatic rings. The van der Waals surface area contributed by atoms with Gasteiger partial charge in [-0.3, -0.25) is 15.3 Å². The van der Waals surface area contributed by atoms with Crippen LogP contribution >= 0.6 is 0 Å². The standard InChI is InChI=1S/C33H36N6O2/c1-25-10-8-15-32(27-11-9-14-30(24-27)36-33(40)35-28-12-4-3-5-13-28)39(25)37-26(2)34-29-16-18-31(19-17-29)41-23-22-38-20-6-7-21-38/h3-5,8-19,24H,1,6-7,20-23H2,2H3,(H,34,37)(H2,35,36,40). The highest BCUT2D eigenvalue weighted by Gasteiger charge is 2.17. The van der Waals surface area contributed by atoms with Crippen molar-refractivity contribution in [2.24, 2.45) is 4.99 Å². The van der Waals surface area contributed by atoms with Crippen LogP contribution in [0.2, 0.25) is 0 Å². The molecule has 0 bridgehead atoms. The fraction of sp³-hybridized carbons (Fsp3) is 0.212. The zero-order valence-corrected chi connectivity index (χ0v) is 23.3. The predicted octanol–water partition coefficient (Wildman–Crippen LogP) is 6.79. The van der Waals surface area contributed by atoms with Crippen molar-refractivity contribution in [2.45, 2.75) is 19.8 Å². The summed E-state index contributed by atoms with van der Waals surface area (Å²) in [6.45, 7) is 10.1. The summed E-state index contributed by atoms with van der Waals surface area (Å²) in [5.74, 6) is 1.55. The van der Waals surface area contributed by atoms with E-state index in [0.717, 1.165) is 40.6 Å². The summed E-state index contributed by atoms with van der Waals surface area (Å²) in [6, 6.07) is 24.5. The number of rotatable bonds is 9. The first-order valence-electron chi connectivity index (χ1n) is 13.9. The number of aliphatic imine (C=N–C) groups is 1. The van der Waals surface area contributed by atoms with E-state index in [2.05, 4.69) is 27.5 Å². The molecular formula is C33H36N6O2. The van der Waals surface area contributed by atoms with Crippen molar-refractivity contribution in [3.63, 3.8) is 0 Å². The molecule has 2 aliphatic heterocycles. The van der Waals surface area contributed by atoms with Gasteiger partial charge in [-0.25, -0.2) is 9.79 Å². The van der Waals surface area contributed by atoms with Crippen molar-refractivity contribution in [2.75, 3.05) is 36.9 Å². The minimum Gasteiger partial charge on any atom is -0.492 e. The van der Waals surface area contributed by atoms with Gasteiger partial charge in [-0.2, -0.15) is 0 Å². The third-order valence-corrected chi connectivity index (χ3v) is 6.80. The Morgan fingerprint density at radius 2 is 1.68 bits per heavy atom. The summed E-state index contributed by atoms with van der Waals surface area (Å²) in [5, 5.41) is 7.64. The lowest BCUT2D eigenvalue weighted by Crippen LogP contribution is -2.39. The van der Waals surface area contributed by atoms with E-state index >= 15 is 0 Å². The van der Waals surface area contributed by atoms with Crippen LogP contribution in [0.25, 0.3) is 5.70 Å². The Kier molecular flexibility index (Phi) is 9.13. The smallest absolute Gasteiger partial charge is 0.323 e. The van der Waals surface area contributed by atoms with Gasteiger partial charge >= 0.3 is 6.03 Å². The summed E-state index contributed by atoms with van der Waals surface area (Å²) in [4.78, 5) is 19.7. The number of nitrogens with one attached hydrogen (secondary N) is 3. The summed E-state index contributed by atoms with van der Waals surface area (Å²) >= 11 is 0. The van der Waals surface area contributed by atoms with Crippen molar-refractivity contribution < 1.29 is 9.53 Å². The van der Waals surface area contributed by atoms with E-state index in [1.54, 1.807) is 0 Å². The number of carbonyl (C=O) groups excluding carboxylic acids is 1. The molecule has 3 N–H and O–H groups in total. The summed E-state index contributed by atoms with van der Waals surface area (Å²) in [6.07, 6.45) is 8.44. The summed E-state index contributed by atoms with van der Waals surface area (Å²) in [5.41, 5.74) is 8.13. The van der Waals surface area contributed by atoms with Crippen LogP contribution < -0.4 is 20.8 Å². The molecular weight excluding hydrogens is 512 g/mol. The molecule has 0 atom stereocenters. The molecule has 1 saturated heterocycles. The van der Waals surface area contributed by atoms with Crippen molar-refractivity contribution >= 4 is 34.6 Å². The number of hydrogen-bond donors (Lipinski definition) is 3. The van der Waals surface area contributed by atoms with Crippen molar-refractivity contribution in [3.8, 4) is 5.75 Å². The Hall–Kier alpha value is -4.82. The molecule has 41 heavy (non-hydrogen) atoms. The van der Waals surface area contributed by atoms with E-state index in [-0.39, 0.29) is 6.03 Å². The van der Waals surface area contributed by atoms with Gasteiger partial charge in [0.25, 0.3) is 0 Å². The molecule has 0 aromatic heterocycles. The number of benzene rings is 3. The summed E-state index contributed by atoms with van der Waals surface area (Å²) < 4.78 is 5.92. The van der Waals surface area contributed by atoms with Crippen LogP contribution in [0.4, 0.5) is 21.9 Å². The monoisotopic (exact) mass is 548 g/mol. The van der Waals surface area contributed by atoms with Gasteiger partial charge in [0.05, 0.1) is 17.1 Å². The van der Waals surface area contributed by atoms with Crippen LogP contribution in [0.1, 0.15) is 25.3 Å². The maximum Gasteiger partial charge on any atom is 0.323 e. The third-order valence-electron chi connectivity index (χ3n) is 6.80. The van der Waals surface area contributed by atoms with Crippen LogP contribution in [0, 0.1) is 0 Å². The number of hydrogen-bond acceptors (Lipinski definition) is 5. The van der Waals surface area contributed by atoms with E-state index in [1.165, 1.54) is 25.9 Å². The number of likely N-dealkylation sites (tertiary alicyclic amines) is 1. The number of ether oxygens (including phenoxy) is 1. The maximum atomic E-state index is 12.5. The van der Waals surface area contributed by atoms with Crippen LogP contribution in [0.3, 0.4) is 0 Å². The lowest BCUT2D eigenvalue weighted by molar-refractivity contribution is 0.238. The number of allylic oxidation sites excluding steroid dienone is 3. The van der Waals surface area contributed by atoms with E-state index in [1.807, 2.05) is 109 Å². The lowest BCUT2D eigenvalue weighted by Gasteiger charge is -2.31. The van der Waals surface area contributed by atoms with E-state index in [0.29, 0.717) is 18.1 Å². The van der Waals surface area contributed by atoms with Gasteiger partial charge in [0.15, 0.2) is 0 Å². The number of amides is 2. The van der Waals surface area contributed by atoms with Crippen LogP contribution in [-0.4, -0.2) is 48.0 Å². The molecule has 8 nitrogen and oxygen atoms in total. The quantitative estimate of drug-likeness (QED) is 0.203. The third kappa shape index (κ3) is 7.86. The molecule has 210 valence electrons. The van der Waals surface area contributed by atoms with E-state index in [9.17, 15) is 4.79 Å². The van der Waals surface area contributed by atoms with Gasteiger partial charge in [0, 0.05) is 23.5 Å². The molecule has 1 fully saturated rings. The number of hydrazine groups is 1. The van der Waals surface area contributed by atoms with Gasteiger partial charge in [-0.1, -0.05) is 43.0 Å². The highest BCUT2D eigenvalue weighted by Crippen LogP contribution is 2.27. The van der Waals surface area contributed by atoms with Gasteiger partial charge in [0.2, 0.25) is 0 Å². The molecule has 0 aliphatic carbocycles. The first-order valence-corrected chi connectivity index (χ1v) is 13.9. The first-order chi connectivity index (χ1) is 20.0. The normalized spacial score (nSPS) is 15.4. The Balaban J connectivity index is 1.21. The van der Waals surface area contributed by atoms with Crippen molar-refractivity contribution in [3.05, 3.63) is 115 Å². The number of para-hydroxylation sites is 1. The Morgan fingerprint density at radius 3 is 2.46 bits per heavy atom. The molecule has 3 aromatic carbocycles. The zero-order valence-electron chi connectivity index (χ0n) is 23.3. The molecule has 0 spiro atoms. The molecule has 2 amide bonds. The van der Waals surface area contributed by atoms with E-state index in [4.69, 9.17) is 9.73 Å². The fourth-order valence-corrected chi connectivity index (χ4v) is 4.78. The van der Waals surface area contributed by atoms with Gasteiger partial charge in [-0.05, 0) is 93.5 Å². The number of carbonyl (C=O) groups is 1. The lowest BCUT2D eigenvalue weighted by atomic mass is 10.1. The molecule has 3 aromatic rings. The molecule has 8 heteroatoms. The molecule has 0 unspecified atom stereocenters. The minimum atomic E-state index is -0.309. The molecule has 0 saturated carbocycles. The van der Waals surface area contributed by atoms with Crippen molar-refractivity contribution in [1.29, 1.82) is 0 Å². The minimum absolute atomic E-state index is 0.309. The topological polar surface area (TPSA) is 81.2 Å². The second kappa shape index (κ2) is 13.5. The number of nitrogens with zero attached hydrogens (tertiary/aromatic N) is 3. The first kappa shape index (κ1) is 27.7. The SMILES string of the molecule is C=C1C=CC=C(c2cccc(NC(=O)Nc3ccccc3)c2)N1NC(C)=Nc1ccc(OCCN2CCCC2)cc1. The maximum absolute atomic E-state index is 12.5. The predicted molar refractivity (Wildman–Crippen MR) is 167 cm³/mol. The highest BCUT2D eigenvalue weighted by molar-refractivity contribution is 6.00. The average molecular weight is 549 g/mol. The second-order valence-corrected chi connectivity index (χ2v) is 9.96. The Morgan fingerprint density at radius 1 is 0.951 bits per heavy atom. The fourth-order valence-electron chi connectivity index (χ4n) is 4.78. The largest absolute Gasteiger partial charge is 0.492 e. The Bertz CT molecular complexity index is 1440. The van der Waals surface area contributed by atoms with Gasteiger partial charge in [-0.15, -0.1) is 0 Å². The second-order valence-electron chi connectivity index (χ2n) is 9.96. The average Bonchev–Trinajstić information content (AvgIpc) is 3.49. The van der Waals surface area contributed by atoms with Gasteiger partial charge in [0.1, 0.15) is 18.2 Å². The number of urea groups is 1. The van der Waals surface area contributed by atoms with Crippen LogP contribution in [-0.2, 0) is 0 Å². The molecule has 0 radical (unpaired) electrons. The Labute approximate surface area is 241 Å². The molecule has 2 heterocycles. The molecule has 5 rings (SSSR count). The van der Waals surface area contributed by atoms with E-state index < -0.39 is 0 Å². The summed E-state index contributed by atoms with van der Waals surface area (Å²) in [7, 11) is 0. The van der Waals surface area contributed by atoms with Crippen LogP contribution in [0.5, 0.6) is 5.75 Å². The number of anilines is 2.